The number of hydrogen-bond donors (Lipinski definition) is 3. The van der Waals surface area contributed by atoms with E-state index in [0.29, 0.717) is 43.7 Å². The van der Waals surface area contributed by atoms with Crippen LogP contribution in [0.4, 0.5) is 4.39 Å². The Morgan fingerprint density at radius 1 is 1.09 bits per heavy atom. The molecule has 6 nitrogen and oxygen atoms in total. The Morgan fingerprint density at radius 2 is 1.72 bits per heavy atom. The Bertz CT molecular complexity index is 808. The minimum Gasteiger partial charge on any atom is -0.489 e. The molecule has 1 aliphatic heterocycles. The third-order valence-electron chi connectivity index (χ3n) is 8.17. The van der Waals surface area contributed by atoms with Crippen molar-refractivity contribution in [3.63, 3.8) is 0 Å². The lowest BCUT2D eigenvalue weighted by molar-refractivity contribution is -0.142. The van der Waals surface area contributed by atoms with Crippen molar-refractivity contribution < 1.29 is 23.8 Å². The predicted molar refractivity (Wildman–Crippen MR) is 120 cm³/mol. The molecule has 3 aliphatic carbocycles. The highest BCUT2D eigenvalue weighted by Gasteiger charge is 2.54. The number of halogens is 1. The lowest BCUT2D eigenvalue weighted by Gasteiger charge is -2.53. The van der Waals surface area contributed by atoms with Crippen LogP contribution in [0.15, 0.2) is 36.2 Å². The van der Waals surface area contributed by atoms with Crippen LogP contribution in [0.2, 0.25) is 0 Å². The van der Waals surface area contributed by atoms with Crippen LogP contribution in [0.1, 0.15) is 56.9 Å². The number of rotatable bonds is 8. The summed E-state index contributed by atoms with van der Waals surface area (Å²) in [7, 11) is 0. The number of hydrogen-bond acceptors (Lipinski definition) is 5. The van der Waals surface area contributed by atoms with Gasteiger partial charge in [0.1, 0.15) is 12.4 Å². The van der Waals surface area contributed by atoms with Crippen molar-refractivity contribution in [2.75, 3.05) is 33.0 Å². The lowest BCUT2D eigenvalue weighted by Crippen LogP contribution is -2.60. The van der Waals surface area contributed by atoms with Crippen molar-refractivity contribution in [3.8, 4) is 5.75 Å². The Labute approximate surface area is 189 Å². The van der Waals surface area contributed by atoms with Crippen LogP contribution in [-0.4, -0.2) is 49.5 Å². The molecule has 2 bridgehead atoms. The van der Waals surface area contributed by atoms with Gasteiger partial charge in [0.15, 0.2) is 0 Å². The number of aliphatic hydroxyl groups excluding tert-OH is 1. The van der Waals surface area contributed by atoms with Crippen LogP contribution < -0.4 is 15.8 Å². The summed E-state index contributed by atoms with van der Waals surface area (Å²) in [6.45, 7) is 1.41. The van der Waals surface area contributed by atoms with Gasteiger partial charge in [-0.25, -0.2) is 4.39 Å². The van der Waals surface area contributed by atoms with Crippen molar-refractivity contribution in [2.45, 2.75) is 62.3 Å². The highest BCUT2D eigenvalue weighted by molar-refractivity contribution is 5.84. The van der Waals surface area contributed by atoms with Crippen LogP contribution in [0, 0.1) is 5.41 Å². The summed E-state index contributed by atoms with van der Waals surface area (Å²) in [6.07, 6.45) is 7.40. The monoisotopic (exact) mass is 446 g/mol. The van der Waals surface area contributed by atoms with E-state index in [1.54, 1.807) is 0 Å². The third-order valence-corrected chi connectivity index (χ3v) is 8.17. The molecule has 5 rings (SSSR count). The molecule has 4 fully saturated rings. The SMILES string of the molecule is NC/C(=C\F)COc1ccc(C23CCC(C(=O)NC4(CO)CCOCC4)(CC2)CC3)cc1. The Hall–Kier alpha value is -1.96. The number of carbonyl (C=O) groups is 1. The van der Waals surface area contributed by atoms with E-state index >= 15 is 0 Å². The fourth-order valence-electron chi connectivity index (χ4n) is 5.63. The van der Waals surface area contributed by atoms with E-state index in [4.69, 9.17) is 15.2 Å². The van der Waals surface area contributed by atoms with Gasteiger partial charge in [-0.3, -0.25) is 4.79 Å². The first-order valence-electron chi connectivity index (χ1n) is 11.7. The largest absolute Gasteiger partial charge is 0.489 e. The minimum atomic E-state index is -0.535. The molecule has 0 spiro atoms. The van der Waals surface area contributed by atoms with Crippen molar-refractivity contribution >= 4 is 5.91 Å². The highest BCUT2D eigenvalue weighted by atomic mass is 19.1. The normalized spacial score (nSPS) is 29.5. The Kier molecular flexibility index (Phi) is 6.89. The van der Waals surface area contributed by atoms with E-state index in [9.17, 15) is 14.3 Å². The van der Waals surface area contributed by atoms with Gasteiger partial charge in [-0.15, -0.1) is 0 Å². The van der Waals surface area contributed by atoms with Crippen molar-refractivity contribution in [1.29, 1.82) is 0 Å². The number of amides is 1. The van der Waals surface area contributed by atoms with Crippen molar-refractivity contribution in [3.05, 3.63) is 41.7 Å². The number of nitrogens with two attached hydrogens (primary N) is 1. The maximum absolute atomic E-state index is 13.4. The molecule has 0 radical (unpaired) electrons. The summed E-state index contributed by atoms with van der Waals surface area (Å²) in [4.78, 5) is 13.4. The summed E-state index contributed by atoms with van der Waals surface area (Å²) in [5, 5.41) is 13.2. The molecule has 1 amide bonds. The van der Waals surface area contributed by atoms with E-state index in [-0.39, 0.29) is 36.5 Å². The zero-order chi connectivity index (χ0) is 22.7. The topological polar surface area (TPSA) is 93.8 Å². The average Bonchev–Trinajstić information content (AvgIpc) is 2.86. The predicted octanol–water partition coefficient (Wildman–Crippen LogP) is 3.13. The third kappa shape index (κ3) is 4.43. The van der Waals surface area contributed by atoms with Crippen LogP contribution in [-0.2, 0) is 14.9 Å². The fourth-order valence-corrected chi connectivity index (χ4v) is 5.63. The van der Waals surface area contributed by atoms with Crippen LogP contribution in [0.25, 0.3) is 0 Å². The molecule has 1 aromatic rings. The van der Waals surface area contributed by atoms with Gasteiger partial charge in [0, 0.05) is 30.7 Å². The summed E-state index contributed by atoms with van der Waals surface area (Å²) >= 11 is 0. The summed E-state index contributed by atoms with van der Waals surface area (Å²) < 4.78 is 23.7. The first-order valence-corrected chi connectivity index (χ1v) is 11.7. The second-order valence-corrected chi connectivity index (χ2v) is 9.85. The molecular weight excluding hydrogens is 411 g/mol. The van der Waals surface area contributed by atoms with Gasteiger partial charge in [-0.05, 0) is 74.5 Å². The van der Waals surface area contributed by atoms with E-state index in [0.717, 1.165) is 38.5 Å². The summed E-state index contributed by atoms with van der Waals surface area (Å²) in [5.41, 5.74) is 6.44. The van der Waals surface area contributed by atoms with E-state index in [2.05, 4.69) is 17.4 Å². The Morgan fingerprint density at radius 3 is 2.25 bits per heavy atom. The van der Waals surface area contributed by atoms with E-state index < -0.39 is 5.54 Å². The first kappa shape index (κ1) is 23.2. The van der Waals surface area contributed by atoms with E-state index in [1.807, 2.05) is 12.1 Å². The lowest BCUT2D eigenvalue weighted by atomic mass is 9.51. The second kappa shape index (κ2) is 9.49. The van der Waals surface area contributed by atoms with Gasteiger partial charge in [0.25, 0.3) is 0 Å². The number of nitrogens with one attached hydrogen (secondary N) is 1. The number of fused-ring (bicyclic) bond motifs is 3. The molecule has 0 aromatic heterocycles. The van der Waals surface area contributed by atoms with E-state index in [1.165, 1.54) is 5.56 Å². The molecule has 4 aliphatic rings. The van der Waals surface area contributed by atoms with Crippen molar-refractivity contribution in [2.24, 2.45) is 11.1 Å². The molecule has 7 heteroatoms. The van der Waals surface area contributed by atoms with Gasteiger partial charge in [0.05, 0.1) is 18.5 Å². The quantitative estimate of drug-likeness (QED) is 0.571. The van der Waals surface area contributed by atoms with Gasteiger partial charge >= 0.3 is 0 Å². The number of ether oxygens (including phenoxy) is 2. The van der Waals surface area contributed by atoms with Crippen LogP contribution in [0.3, 0.4) is 0 Å². The Balaban J connectivity index is 1.38. The standard InChI is InChI=1S/C25H35FN2O4/c26-15-19(16-27)17-32-21-3-1-20(2-4-21)23-5-8-24(9-6-23,10-7-23)22(30)28-25(18-29)11-13-31-14-12-25/h1-4,15,29H,5-14,16-18,27H2,(H,28,30)/b19-15+. The highest BCUT2D eigenvalue weighted by Crippen LogP contribution is 2.58. The molecule has 176 valence electrons. The molecule has 32 heavy (non-hydrogen) atoms. The first-order chi connectivity index (χ1) is 15.5. The smallest absolute Gasteiger partial charge is 0.226 e. The van der Waals surface area contributed by atoms with Gasteiger partial charge in [0.2, 0.25) is 5.91 Å². The molecule has 0 unspecified atom stereocenters. The maximum Gasteiger partial charge on any atom is 0.226 e. The second-order valence-electron chi connectivity index (χ2n) is 9.85. The average molecular weight is 447 g/mol. The zero-order valence-corrected chi connectivity index (χ0v) is 18.7. The molecule has 0 atom stereocenters. The molecule has 4 N–H and O–H groups in total. The van der Waals surface area contributed by atoms with Crippen LogP contribution >= 0.6 is 0 Å². The maximum atomic E-state index is 13.4. The van der Waals surface area contributed by atoms with Gasteiger partial charge in [-0.2, -0.15) is 0 Å². The fraction of sp³-hybridized carbons (Fsp3) is 0.640. The number of benzene rings is 1. The van der Waals surface area contributed by atoms with Crippen LogP contribution in [0.5, 0.6) is 5.75 Å². The zero-order valence-electron chi connectivity index (χ0n) is 18.7. The van der Waals surface area contributed by atoms with Gasteiger partial charge in [-0.1, -0.05) is 12.1 Å². The molecule has 1 aromatic carbocycles. The number of carbonyl (C=O) groups excluding carboxylic acids is 1. The molecular formula is C25H35FN2O4. The summed E-state index contributed by atoms with van der Waals surface area (Å²) in [6, 6.07) is 8.10. The summed E-state index contributed by atoms with van der Waals surface area (Å²) in [5.74, 6) is 0.811. The minimum absolute atomic E-state index is 0.0373. The van der Waals surface area contributed by atoms with Crippen molar-refractivity contribution in [1.82, 2.24) is 5.32 Å². The molecule has 3 saturated carbocycles. The van der Waals surface area contributed by atoms with Gasteiger partial charge < -0.3 is 25.6 Å². The molecule has 1 saturated heterocycles. The number of aliphatic hydroxyl groups is 1. The molecule has 1 heterocycles.